The van der Waals surface area contributed by atoms with E-state index in [-0.39, 0.29) is 11.2 Å². The van der Waals surface area contributed by atoms with Crippen LogP contribution >= 0.6 is 0 Å². The van der Waals surface area contributed by atoms with Gasteiger partial charge in [0.1, 0.15) is 5.82 Å². The molecule has 0 bridgehead atoms. The van der Waals surface area contributed by atoms with E-state index in [9.17, 15) is 4.39 Å². The minimum atomic E-state index is -0.285. The Bertz CT molecular complexity index is 486. The summed E-state index contributed by atoms with van der Waals surface area (Å²) in [5.41, 5.74) is 1.44. The van der Waals surface area contributed by atoms with Gasteiger partial charge in [-0.25, -0.2) is 4.39 Å². The Labute approximate surface area is 93.3 Å². The first-order valence-electron chi connectivity index (χ1n) is 5.04. The lowest BCUT2D eigenvalue weighted by Gasteiger charge is -2.19. The summed E-state index contributed by atoms with van der Waals surface area (Å²) in [7, 11) is 0. The number of hydrogen-bond donors (Lipinski definition) is 0. The van der Waals surface area contributed by atoms with Gasteiger partial charge >= 0.3 is 0 Å². The molecule has 3 nitrogen and oxygen atoms in total. The van der Waals surface area contributed by atoms with E-state index in [4.69, 9.17) is 0 Å². The quantitative estimate of drug-likeness (QED) is 0.740. The van der Waals surface area contributed by atoms with Gasteiger partial charge in [0.05, 0.1) is 0 Å². The second-order valence-corrected chi connectivity index (χ2v) is 4.73. The molecule has 0 saturated carbocycles. The van der Waals surface area contributed by atoms with Gasteiger partial charge < -0.3 is 4.52 Å². The summed E-state index contributed by atoms with van der Waals surface area (Å²) >= 11 is 0. The fourth-order valence-electron chi connectivity index (χ4n) is 1.45. The second-order valence-electron chi connectivity index (χ2n) is 4.73. The van der Waals surface area contributed by atoms with Crippen molar-refractivity contribution in [2.24, 2.45) is 0 Å². The predicted octanol–water partition coefficient (Wildman–Crippen LogP) is 3.17. The number of nitrogens with zero attached hydrogens (tertiary/aromatic N) is 2. The van der Waals surface area contributed by atoms with Crippen molar-refractivity contribution < 1.29 is 8.91 Å². The van der Waals surface area contributed by atoms with Crippen molar-refractivity contribution in [1.82, 2.24) is 10.1 Å². The van der Waals surface area contributed by atoms with E-state index in [0.29, 0.717) is 11.4 Å². The first-order chi connectivity index (χ1) is 7.47. The topological polar surface area (TPSA) is 38.9 Å². The van der Waals surface area contributed by atoms with Crippen LogP contribution in [0.1, 0.15) is 26.3 Å². The third-order valence-corrected chi connectivity index (χ3v) is 2.38. The van der Waals surface area contributed by atoms with Crippen LogP contribution in [0.25, 0.3) is 11.4 Å². The number of rotatable bonds is 1. The lowest BCUT2D eigenvalue weighted by molar-refractivity contribution is 0.418. The van der Waals surface area contributed by atoms with Crippen LogP contribution in [0.2, 0.25) is 0 Å². The Morgan fingerprint density at radius 1 is 1.19 bits per heavy atom. The van der Waals surface area contributed by atoms with E-state index in [1.807, 2.05) is 26.8 Å². The van der Waals surface area contributed by atoms with Crippen molar-refractivity contribution >= 4 is 0 Å². The van der Waals surface area contributed by atoms with Crippen LogP contribution in [0.5, 0.6) is 0 Å². The highest BCUT2D eigenvalue weighted by Crippen LogP contribution is 2.27. The highest BCUT2D eigenvalue weighted by atomic mass is 19.1. The minimum Gasteiger partial charge on any atom is -0.342 e. The van der Waals surface area contributed by atoms with Crippen molar-refractivity contribution in [2.45, 2.75) is 26.2 Å². The van der Waals surface area contributed by atoms with Crippen molar-refractivity contribution in [2.75, 3.05) is 0 Å². The summed E-state index contributed by atoms with van der Waals surface area (Å²) in [5, 5.41) is 3.70. The predicted molar refractivity (Wildman–Crippen MR) is 58.4 cm³/mol. The van der Waals surface area contributed by atoms with Crippen molar-refractivity contribution in [3.05, 3.63) is 36.0 Å². The molecule has 0 spiro atoms. The molecule has 2 rings (SSSR count). The number of halogens is 1. The molecule has 1 aromatic heterocycles. The molecule has 0 fully saturated rings. The van der Waals surface area contributed by atoms with Crippen LogP contribution in [-0.4, -0.2) is 10.1 Å². The zero-order chi connectivity index (χ0) is 11.8. The molecule has 1 heterocycles. The van der Waals surface area contributed by atoms with E-state index in [2.05, 4.69) is 14.7 Å². The summed E-state index contributed by atoms with van der Waals surface area (Å²) in [5.74, 6) is 0.122. The van der Waals surface area contributed by atoms with Gasteiger partial charge in [0.15, 0.2) is 0 Å². The molecule has 0 amide bonds. The Hall–Kier alpha value is -1.71. The molecule has 0 saturated heterocycles. The van der Waals surface area contributed by atoms with Gasteiger partial charge in [0.25, 0.3) is 0 Å². The summed E-state index contributed by atoms with van der Waals surface area (Å²) in [6.07, 6.45) is 1.23. The number of benzene rings is 1. The van der Waals surface area contributed by atoms with E-state index in [1.165, 1.54) is 18.5 Å². The van der Waals surface area contributed by atoms with Crippen LogP contribution in [-0.2, 0) is 5.41 Å². The summed E-state index contributed by atoms with van der Waals surface area (Å²) in [6.45, 7) is 6.09. The average Bonchev–Trinajstić information content (AvgIpc) is 2.68. The molecule has 4 heteroatoms. The fraction of sp³-hybridized carbons (Fsp3) is 0.333. The molecule has 0 radical (unpaired) electrons. The van der Waals surface area contributed by atoms with Crippen molar-refractivity contribution in [3.8, 4) is 11.4 Å². The molecule has 1 aromatic carbocycles. The normalized spacial score (nSPS) is 11.8. The molecule has 0 N–H and O–H groups in total. The molecule has 0 aliphatic heterocycles. The van der Waals surface area contributed by atoms with Crippen molar-refractivity contribution in [3.63, 3.8) is 0 Å². The van der Waals surface area contributed by atoms with Gasteiger partial charge in [0, 0.05) is 5.56 Å². The zero-order valence-corrected chi connectivity index (χ0v) is 9.49. The number of aromatic nitrogens is 2. The monoisotopic (exact) mass is 220 g/mol. The maximum Gasteiger partial charge on any atom is 0.214 e. The minimum absolute atomic E-state index is 0.111. The maximum atomic E-state index is 13.5. The van der Waals surface area contributed by atoms with Gasteiger partial charge in [0.2, 0.25) is 12.2 Å². The van der Waals surface area contributed by atoms with Crippen LogP contribution in [0, 0.1) is 5.82 Å². The van der Waals surface area contributed by atoms with Crippen LogP contribution in [0.15, 0.2) is 29.1 Å². The van der Waals surface area contributed by atoms with E-state index in [1.54, 1.807) is 0 Å². The number of hydrogen-bond acceptors (Lipinski definition) is 3. The molecule has 2 aromatic rings. The fourth-order valence-corrected chi connectivity index (χ4v) is 1.45. The lowest BCUT2D eigenvalue weighted by Crippen LogP contribution is -2.11. The lowest BCUT2D eigenvalue weighted by atomic mass is 9.86. The Morgan fingerprint density at radius 2 is 1.94 bits per heavy atom. The van der Waals surface area contributed by atoms with Gasteiger partial charge in [-0.1, -0.05) is 25.9 Å². The average molecular weight is 220 g/mol. The molecule has 16 heavy (non-hydrogen) atoms. The molecular weight excluding hydrogens is 207 g/mol. The highest BCUT2D eigenvalue weighted by Gasteiger charge is 2.16. The Kier molecular flexibility index (Phi) is 2.50. The molecule has 0 atom stereocenters. The summed E-state index contributed by atoms with van der Waals surface area (Å²) in [6, 6.07) is 4.82. The van der Waals surface area contributed by atoms with Gasteiger partial charge in [-0.3, -0.25) is 0 Å². The van der Waals surface area contributed by atoms with Crippen molar-refractivity contribution in [1.29, 1.82) is 0 Å². The molecule has 0 aliphatic rings. The van der Waals surface area contributed by atoms with E-state index < -0.39 is 0 Å². The summed E-state index contributed by atoms with van der Waals surface area (Å²) in [4.78, 5) is 3.91. The molecule has 0 unspecified atom stereocenters. The first kappa shape index (κ1) is 10.8. The third kappa shape index (κ3) is 2.10. The van der Waals surface area contributed by atoms with Crippen LogP contribution < -0.4 is 0 Å². The zero-order valence-electron chi connectivity index (χ0n) is 9.49. The molecule has 84 valence electrons. The largest absolute Gasteiger partial charge is 0.342 e. The first-order valence-corrected chi connectivity index (χ1v) is 5.04. The SMILES string of the molecule is CC(C)(C)c1cc(F)cc(-c2ncon2)c1. The van der Waals surface area contributed by atoms with Crippen LogP contribution in [0.4, 0.5) is 4.39 Å². The van der Waals surface area contributed by atoms with Gasteiger partial charge in [-0.15, -0.1) is 0 Å². The van der Waals surface area contributed by atoms with E-state index >= 15 is 0 Å². The van der Waals surface area contributed by atoms with E-state index in [0.717, 1.165) is 5.56 Å². The maximum absolute atomic E-state index is 13.5. The van der Waals surface area contributed by atoms with Gasteiger partial charge in [-0.2, -0.15) is 4.98 Å². The summed E-state index contributed by atoms with van der Waals surface area (Å²) < 4.78 is 18.1. The molecular formula is C12H13FN2O. The Morgan fingerprint density at radius 3 is 2.50 bits per heavy atom. The molecule has 0 aliphatic carbocycles. The second kappa shape index (κ2) is 3.70. The smallest absolute Gasteiger partial charge is 0.214 e. The van der Waals surface area contributed by atoms with Crippen LogP contribution in [0.3, 0.4) is 0 Å². The standard InChI is InChI=1S/C12H13FN2O/c1-12(2,3)9-4-8(5-10(13)6-9)11-14-7-16-15-11/h4-7H,1-3H3. The Balaban J connectivity index is 2.53. The highest BCUT2D eigenvalue weighted by molar-refractivity contribution is 5.56. The van der Waals surface area contributed by atoms with Gasteiger partial charge in [-0.05, 0) is 29.2 Å². The third-order valence-electron chi connectivity index (χ3n) is 2.38.